The molecule has 1 saturated heterocycles. The predicted molar refractivity (Wildman–Crippen MR) is 99.2 cm³/mol. The van der Waals surface area contributed by atoms with Crippen LogP contribution in [0.25, 0.3) is 0 Å². The van der Waals surface area contributed by atoms with Crippen LogP contribution in [-0.4, -0.2) is 23.1 Å². The lowest BCUT2D eigenvalue weighted by atomic mass is 9.95. The molecule has 3 atom stereocenters. The van der Waals surface area contributed by atoms with Gasteiger partial charge in [-0.05, 0) is 37.8 Å². The van der Waals surface area contributed by atoms with Crippen molar-refractivity contribution in [2.45, 2.75) is 63.6 Å². The van der Waals surface area contributed by atoms with Crippen molar-refractivity contribution in [1.82, 2.24) is 0 Å². The van der Waals surface area contributed by atoms with E-state index in [1.54, 1.807) is 0 Å². The first-order valence-electron chi connectivity index (χ1n) is 9.14. The number of aliphatic hydroxyl groups excluding tert-OH is 1. The smallest absolute Gasteiger partial charge is 0.163 e. The van der Waals surface area contributed by atoms with Gasteiger partial charge < -0.3 is 14.6 Å². The minimum absolute atomic E-state index is 0.000250. The van der Waals surface area contributed by atoms with Crippen molar-refractivity contribution in [3.63, 3.8) is 0 Å². The topological polar surface area (TPSA) is 38.7 Å². The van der Waals surface area contributed by atoms with E-state index in [0.717, 1.165) is 24.8 Å². The fraction of sp³-hybridized carbons (Fsp3) is 0.455. The monoisotopic (exact) mass is 340 g/mol. The molecule has 0 bridgehead atoms. The summed E-state index contributed by atoms with van der Waals surface area (Å²) in [6, 6.07) is 20.3. The molecule has 0 radical (unpaired) electrons. The Kier molecular flexibility index (Phi) is 5.89. The fourth-order valence-corrected chi connectivity index (χ4v) is 3.57. The van der Waals surface area contributed by atoms with Gasteiger partial charge in [-0.1, -0.05) is 60.7 Å². The van der Waals surface area contributed by atoms with E-state index < -0.39 is 11.9 Å². The van der Waals surface area contributed by atoms with Gasteiger partial charge in [0.15, 0.2) is 5.79 Å². The Morgan fingerprint density at radius 3 is 2.24 bits per heavy atom. The highest BCUT2D eigenvalue weighted by molar-refractivity contribution is 5.17. The molecule has 1 aliphatic rings. The summed E-state index contributed by atoms with van der Waals surface area (Å²) in [5, 5.41) is 10.5. The van der Waals surface area contributed by atoms with Crippen molar-refractivity contribution in [2.75, 3.05) is 0 Å². The van der Waals surface area contributed by atoms with Crippen molar-refractivity contribution in [1.29, 1.82) is 0 Å². The van der Waals surface area contributed by atoms with Gasteiger partial charge in [-0.25, -0.2) is 0 Å². The lowest BCUT2D eigenvalue weighted by molar-refractivity contribution is -0.303. The second kappa shape index (κ2) is 8.13. The molecule has 1 N–H and O–H groups in total. The maximum Gasteiger partial charge on any atom is 0.163 e. The van der Waals surface area contributed by atoms with E-state index in [9.17, 15) is 5.11 Å². The lowest BCUT2D eigenvalue weighted by Crippen LogP contribution is -2.45. The summed E-state index contributed by atoms with van der Waals surface area (Å²) in [6.45, 7) is 3.92. The number of hydrogen-bond acceptors (Lipinski definition) is 3. The van der Waals surface area contributed by atoms with E-state index in [-0.39, 0.29) is 12.2 Å². The van der Waals surface area contributed by atoms with Crippen molar-refractivity contribution < 1.29 is 14.6 Å². The van der Waals surface area contributed by atoms with E-state index in [1.165, 1.54) is 5.56 Å². The van der Waals surface area contributed by atoms with Crippen LogP contribution in [0.15, 0.2) is 60.7 Å². The lowest BCUT2D eigenvalue weighted by Gasteiger charge is -2.41. The van der Waals surface area contributed by atoms with Crippen molar-refractivity contribution >= 4 is 0 Å². The molecule has 0 aliphatic carbocycles. The van der Waals surface area contributed by atoms with Gasteiger partial charge in [0.25, 0.3) is 0 Å². The van der Waals surface area contributed by atoms with E-state index >= 15 is 0 Å². The van der Waals surface area contributed by atoms with Gasteiger partial charge in [0.05, 0.1) is 18.3 Å². The summed E-state index contributed by atoms with van der Waals surface area (Å²) in [6.07, 6.45) is 3.02. The fourth-order valence-electron chi connectivity index (χ4n) is 3.57. The van der Waals surface area contributed by atoms with Gasteiger partial charge in [-0.3, -0.25) is 0 Å². The van der Waals surface area contributed by atoms with Crippen LogP contribution in [0, 0.1) is 0 Å². The second-order valence-corrected chi connectivity index (χ2v) is 7.30. The highest BCUT2D eigenvalue weighted by Crippen LogP contribution is 2.33. The molecule has 1 aliphatic heterocycles. The number of aliphatic hydroxyl groups is 1. The van der Waals surface area contributed by atoms with Crippen LogP contribution in [0.3, 0.4) is 0 Å². The summed E-state index contributed by atoms with van der Waals surface area (Å²) in [4.78, 5) is 0. The normalized spacial score (nSPS) is 24.0. The van der Waals surface area contributed by atoms with Gasteiger partial charge in [-0.2, -0.15) is 0 Å². The Hall–Kier alpha value is -1.68. The Bertz CT molecular complexity index is 639. The van der Waals surface area contributed by atoms with Gasteiger partial charge in [0.1, 0.15) is 0 Å². The second-order valence-electron chi connectivity index (χ2n) is 7.30. The molecule has 2 aromatic carbocycles. The average molecular weight is 340 g/mol. The van der Waals surface area contributed by atoms with E-state index in [4.69, 9.17) is 9.47 Å². The maximum absolute atomic E-state index is 10.5. The zero-order valence-corrected chi connectivity index (χ0v) is 15.1. The zero-order valence-electron chi connectivity index (χ0n) is 15.1. The van der Waals surface area contributed by atoms with Crippen molar-refractivity contribution in [3.05, 3.63) is 71.8 Å². The highest BCUT2D eigenvalue weighted by atomic mass is 16.7. The molecule has 0 spiro atoms. The third-order valence-electron chi connectivity index (χ3n) is 4.70. The summed E-state index contributed by atoms with van der Waals surface area (Å²) >= 11 is 0. The van der Waals surface area contributed by atoms with Crippen molar-refractivity contribution in [3.8, 4) is 0 Å². The molecule has 3 nitrogen and oxygen atoms in total. The van der Waals surface area contributed by atoms with E-state index in [1.807, 2.05) is 50.2 Å². The van der Waals surface area contributed by atoms with Crippen LogP contribution in [0.4, 0.5) is 0 Å². The van der Waals surface area contributed by atoms with Crippen LogP contribution >= 0.6 is 0 Å². The van der Waals surface area contributed by atoms with Gasteiger partial charge in [-0.15, -0.1) is 0 Å². The van der Waals surface area contributed by atoms with Gasteiger partial charge >= 0.3 is 0 Å². The van der Waals surface area contributed by atoms with Gasteiger partial charge in [0, 0.05) is 12.8 Å². The SMILES string of the molecule is CC1(C)O[C@@H](CCc2ccccc2)C[C@@H](C[C@@H](O)c2ccccc2)O1. The Morgan fingerprint density at radius 1 is 0.960 bits per heavy atom. The number of benzene rings is 2. The third-order valence-corrected chi connectivity index (χ3v) is 4.70. The molecule has 1 heterocycles. The molecule has 134 valence electrons. The molecular weight excluding hydrogens is 312 g/mol. The highest BCUT2D eigenvalue weighted by Gasteiger charge is 2.36. The molecule has 0 unspecified atom stereocenters. The van der Waals surface area contributed by atoms with Crippen LogP contribution in [0.2, 0.25) is 0 Å². The summed E-state index contributed by atoms with van der Waals surface area (Å²) < 4.78 is 12.2. The van der Waals surface area contributed by atoms with Gasteiger partial charge in [0.2, 0.25) is 0 Å². The minimum Gasteiger partial charge on any atom is -0.388 e. The number of ether oxygens (including phenoxy) is 2. The van der Waals surface area contributed by atoms with Crippen LogP contribution in [-0.2, 0) is 15.9 Å². The minimum atomic E-state index is -0.610. The predicted octanol–water partition coefficient (Wildman–Crippen LogP) is 4.65. The van der Waals surface area contributed by atoms with Crippen LogP contribution in [0.1, 0.15) is 50.3 Å². The zero-order chi connectivity index (χ0) is 17.7. The largest absolute Gasteiger partial charge is 0.388 e. The van der Waals surface area contributed by atoms with E-state index in [2.05, 4.69) is 24.3 Å². The molecule has 3 heteroatoms. The summed E-state index contributed by atoms with van der Waals surface area (Å²) in [5.41, 5.74) is 2.27. The van der Waals surface area contributed by atoms with Crippen LogP contribution in [0.5, 0.6) is 0 Å². The number of rotatable bonds is 6. The Morgan fingerprint density at radius 2 is 1.56 bits per heavy atom. The summed E-state index contributed by atoms with van der Waals surface area (Å²) in [5.74, 6) is -0.610. The first kappa shape index (κ1) is 18.1. The average Bonchev–Trinajstić information content (AvgIpc) is 2.60. The van der Waals surface area contributed by atoms with Crippen molar-refractivity contribution in [2.24, 2.45) is 0 Å². The number of hydrogen-bond donors (Lipinski definition) is 1. The first-order valence-corrected chi connectivity index (χ1v) is 9.14. The Balaban J connectivity index is 1.58. The maximum atomic E-state index is 10.5. The third kappa shape index (κ3) is 5.40. The quantitative estimate of drug-likeness (QED) is 0.832. The number of aryl methyl sites for hydroxylation is 1. The van der Waals surface area contributed by atoms with E-state index in [0.29, 0.717) is 6.42 Å². The molecule has 0 saturated carbocycles. The molecule has 1 fully saturated rings. The van der Waals surface area contributed by atoms with Crippen LogP contribution < -0.4 is 0 Å². The molecule has 0 amide bonds. The summed E-state index contributed by atoms with van der Waals surface area (Å²) in [7, 11) is 0. The Labute approximate surface area is 150 Å². The molecule has 25 heavy (non-hydrogen) atoms. The molecular formula is C22H28O3. The standard InChI is InChI=1S/C22H28O3/c1-22(2)24-19(14-13-17-9-5-3-6-10-17)15-20(25-22)16-21(23)18-11-7-4-8-12-18/h3-12,19-21,23H,13-16H2,1-2H3/t19-,20-,21+/m0/s1. The molecule has 3 rings (SSSR count). The molecule has 2 aromatic rings. The molecule has 0 aromatic heterocycles. The first-order chi connectivity index (χ1) is 12.0.